The third-order valence-electron chi connectivity index (χ3n) is 2.69. The minimum atomic E-state index is -0.438. The Kier molecular flexibility index (Phi) is 5.63. The lowest BCUT2D eigenvalue weighted by Gasteiger charge is -2.13. The van der Waals surface area contributed by atoms with E-state index in [1.54, 1.807) is 0 Å². The molecule has 0 saturated carbocycles. The van der Waals surface area contributed by atoms with Gasteiger partial charge in [-0.25, -0.2) is 0 Å². The van der Waals surface area contributed by atoms with Crippen molar-refractivity contribution in [3.05, 3.63) is 48.2 Å². The van der Waals surface area contributed by atoms with Crippen molar-refractivity contribution >= 4 is 5.57 Å². The number of unbranched alkanes of at least 4 members (excludes halogenated alkanes) is 2. The molecule has 0 radical (unpaired) electrons. The van der Waals surface area contributed by atoms with E-state index in [4.69, 9.17) is 0 Å². The van der Waals surface area contributed by atoms with Crippen molar-refractivity contribution < 1.29 is 5.11 Å². The van der Waals surface area contributed by atoms with Gasteiger partial charge in [-0.15, -0.1) is 5.73 Å². The SMILES string of the molecule is C=C=C(c1ccccc1)C(O)CCCCC. The van der Waals surface area contributed by atoms with Crippen LogP contribution in [0.1, 0.15) is 38.2 Å². The number of rotatable bonds is 6. The molecule has 0 saturated heterocycles. The van der Waals surface area contributed by atoms with Gasteiger partial charge in [0.2, 0.25) is 0 Å². The third-order valence-corrected chi connectivity index (χ3v) is 2.69. The maximum atomic E-state index is 10.0. The molecule has 0 aliphatic rings. The van der Waals surface area contributed by atoms with Crippen molar-refractivity contribution in [1.29, 1.82) is 0 Å². The molecule has 0 amide bonds. The van der Waals surface area contributed by atoms with Gasteiger partial charge in [0.15, 0.2) is 0 Å². The highest BCUT2D eigenvalue weighted by molar-refractivity contribution is 5.67. The lowest BCUT2D eigenvalue weighted by atomic mass is 9.97. The smallest absolute Gasteiger partial charge is 0.0867 e. The van der Waals surface area contributed by atoms with Crippen molar-refractivity contribution in [3.63, 3.8) is 0 Å². The molecule has 0 aliphatic heterocycles. The van der Waals surface area contributed by atoms with Gasteiger partial charge in [0.1, 0.15) is 0 Å². The van der Waals surface area contributed by atoms with E-state index in [1.807, 2.05) is 30.3 Å². The predicted octanol–water partition coefficient (Wildman–Crippen LogP) is 3.80. The van der Waals surface area contributed by atoms with Crippen molar-refractivity contribution in [2.45, 2.75) is 38.7 Å². The zero-order valence-electron chi connectivity index (χ0n) is 9.95. The van der Waals surface area contributed by atoms with Crippen molar-refractivity contribution in [2.24, 2.45) is 0 Å². The molecule has 1 aromatic rings. The van der Waals surface area contributed by atoms with Gasteiger partial charge in [0, 0.05) is 5.57 Å². The normalized spacial score (nSPS) is 11.9. The van der Waals surface area contributed by atoms with Crippen LogP contribution in [0.5, 0.6) is 0 Å². The Labute approximate surface area is 98.1 Å². The Hall–Kier alpha value is -1.30. The maximum absolute atomic E-state index is 10.0. The summed E-state index contributed by atoms with van der Waals surface area (Å²) in [6, 6.07) is 9.86. The molecule has 0 heterocycles. The van der Waals surface area contributed by atoms with Crippen LogP contribution < -0.4 is 0 Å². The molecular weight excluding hydrogens is 196 g/mol. The largest absolute Gasteiger partial charge is 0.388 e. The van der Waals surface area contributed by atoms with E-state index in [0.717, 1.165) is 30.4 Å². The van der Waals surface area contributed by atoms with Crippen molar-refractivity contribution in [3.8, 4) is 0 Å². The average Bonchev–Trinajstić information content (AvgIpc) is 2.32. The lowest BCUT2D eigenvalue weighted by Crippen LogP contribution is -2.08. The molecule has 1 N–H and O–H groups in total. The fourth-order valence-electron chi connectivity index (χ4n) is 1.76. The summed E-state index contributed by atoms with van der Waals surface area (Å²) >= 11 is 0. The first kappa shape index (κ1) is 12.8. The van der Waals surface area contributed by atoms with Crippen LogP contribution in [0.25, 0.3) is 5.57 Å². The third kappa shape index (κ3) is 3.69. The van der Waals surface area contributed by atoms with Gasteiger partial charge in [-0.3, -0.25) is 0 Å². The van der Waals surface area contributed by atoms with E-state index in [1.165, 1.54) is 6.42 Å². The van der Waals surface area contributed by atoms with E-state index in [2.05, 4.69) is 19.2 Å². The second-order valence-corrected chi connectivity index (χ2v) is 3.97. The average molecular weight is 216 g/mol. The summed E-state index contributed by atoms with van der Waals surface area (Å²) in [4.78, 5) is 0. The Balaban J connectivity index is 2.66. The fraction of sp³-hybridized carbons (Fsp3) is 0.400. The zero-order chi connectivity index (χ0) is 11.8. The molecule has 0 aromatic heterocycles. The topological polar surface area (TPSA) is 20.2 Å². The first-order valence-electron chi connectivity index (χ1n) is 5.93. The first-order chi connectivity index (χ1) is 7.79. The van der Waals surface area contributed by atoms with Gasteiger partial charge in [-0.05, 0) is 12.0 Å². The molecular formula is C15H20O. The van der Waals surface area contributed by atoms with Crippen LogP contribution in [-0.4, -0.2) is 11.2 Å². The summed E-state index contributed by atoms with van der Waals surface area (Å²) in [5, 5.41) is 10.0. The summed E-state index contributed by atoms with van der Waals surface area (Å²) in [6.45, 7) is 5.83. The van der Waals surface area contributed by atoms with Crippen LogP contribution in [0.15, 0.2) is 42.6 Å². The van der Waals surface area contributed by atoms with Gasteiger partial charge < -0.3 is 5.11 Å². The second kappa shape index (κ2) is 7.05. The van der Waals surface area contributed by atoms with Gasteiger partial charge in [-0.2, -0.15) is 0 Å². The molecule has 16 heavy (non-hydrogen) atoms. The number of aliphatic hydroxyl groups is 1. The highest BCUT2D eigenvalue weighted by Gasteiger charge is 2.11. The molecule has 1 atom stereocenters. The van der Waals surface area contributed by atoms with Crippen LogP contribution in [0, 0.1) is 0 Å². The van der Waals surface area contributed by atoms with Gasteiger partial charge in [-0.1, -0.05) is 63.1 Å². The fourth-order valence-corrected chi connectivity index (χ4v) is 1.76. The monoisotopic (exact) mass is 216 g/mol. The van der Waals surface area contributed by atoms with Gasteiger partial charge in [0.25, 0.3) is 0 Å². The van der Waals surface area contributed by atoms with E-state index < -0.39 is 6.10 Å². The lowest BCUT2D eigenvalue weighted by molar-refractivity contribution is 0.217. The first-order valence-corrected chi connectivity index (χ1v) is 5.93. The summed E-state index contributed by atoms with van der Waals surface area (Å²) < 4.78 is 0. The summed E-state index contributed by atoms with van der Waals surface area (Å²) in [5.41, 5.74) is 4.69. The Morgan fingerprint density at radius 2 is 2.00 bits per heavy atom. The quantitative estimate of drug-likeness (QED) is 0.566. The molecule has 0 aliphatic carbocycles. The highest BCUT2D eigenvalue weighted by Crippen LogP contribution is 2.20. The van der Waals surface area contributed by atoms with E-state index in [9.17, 15) is 5.11 Å². The van der Waals surface area contributed by atoms with Crippen LogP contribution in [0.2, 0.25) is 0 Å². The predicted molar refractivity (Wildman–Crippen MR) is 69.1 cm³/mol. The van der Waals surface area contributed by atoms with Gasteiger partial charge in [0.05, 0.1) is 6.10 Å². The number of hydrogen-bond donors (Lipinski definition) is 1. The molecule has 0 spiro atoms. The molecule has 0 bridgehead atoms. The molecule has 86 valence electrons. The summed E-state index contributed by atoms with van der Waals surface area (Å²) in [5.74, 6) is 0. The minimum Gasteiger partial charge on any atom is -0.388 e. The molecule has 1 unspecified atom stereocenters. The van der Waals surface area contributed by atoms with Crippen LogP contribution >= 0.6 is 0 Å². The summed E-state index contributed by atoms with van der Waals surface area (Å²) in [6.07, 6.45) is 3.74. The Morgan fingerprint density at radius 3 is 2.56 bits per heavy atom. The number of aliphatic hydroxyl groups excluding tert-OH is 1. The maximum Gasteiger partial charge on any atom is 0.0867 e. The number of benzene rings is 1. The summed E-state index contributed by atoms with van der Waals surface area (Å²) in [7, 11) is 0. The van der Waals surface area contributed by atoms with E-state index >= 15 is 0 Å². The van der Waals surface area contributed by atoms with E-state index in [-0.39, 0.29) is 0 Å². The zero-order valence-corrected chi connectivity index (χ0v) is 9.95. The van der Waals surface area contributed by atoms with Gasteiger partial charge >= 0.3 is 0 Å². The number of hydrogen-bond acceptors (Lipinski definition) is 1. The molecule has 1 rings (SSSR count). The molecule has 1 heteroatoms. The molecule has 0 fully saturated rings. The Bertz CT molecular complexity index is 347. The second-order valence-electron chi connectivity index (χ2n) is 3.97. The highest BCUT2D eigenvalue weighted by atomic mass is 16.3. The Morgan fingerprint density at radius 1 is 1.31 bits per heavy atom. The van der Waals surface area contributed by atoms with Crippen LogP contribution in [-0.2, 0) is 0 Å². The molecule has 1 nitrogen and oxygen atoms in total. The van der Waals surface area contributed by atoms with Crippen LogP contribution in [0.4, 0.5) is 0 Å². The van der Waals surface area contributed by atoms with Crippen molar-refractivity contribution in [2.75, 3.05) is 0 Å². The minimum absolute atomic E-state index is 0.438. The standard InChI is InChI=1S/C15H20O/c1-3-5-7-12-15(16)14(4-2)13-10-8-6-9-11-13/h6,8-11,15-16H,2-3,5,7,12H2,1H3. The molecule has 1 aromatic carbocycles. The van der Waals surface area contributed by atoms with Crippen LogP contribution in [0.3, 0.4) is 0 Å². The van der Waals surface area contributed by atoms with E-state index in [0.29, 0.717) is 0 Å². The van der Waals surface area contributed by atoms with Crippen molar-refractivity contribution in [1.82, 2.24) is 0 Å².